The van der Waals surface area contributed by atoms with E-state index in [2.05, 4.69) is 17.4 Å². The Morgan fingerprint density at radius 3 is 2.50 bits per heavy atom. The van der Waals surface area contributed by atoms with Crippen molar-refractivity contribution in [1.82, 2.24) is 0 Å². The summed E-state index contributed by atoms with van der Waals surface area (Å²) in [7, 11) is 5.67. The minimum absolute atomic E-state index is 0.179. The zero-order chi connectivity index (χ0) is 11.0. The van der Waals surface area contributed by atoms with Gasteiger partial charge in [0.15, 0.2) is 0 Å². The van der Waals surface area contributed by atoms with Crippen LogP contribution >= 0.6 is 11.8 Å². The van der Waals surface area contributed by atoms with E-state index in [9.17, 15) is 0 Å². The maximum atomic E-state index is 5.67. The van der Waals surface area contributed by atoms with Crippen LogP contribution < -0.4 is 5.46 Å². The Bertz CT molecular complexity index is 485. The van der Waals surface area contributed by atoms with E-state index in [-0.39, 0.29) is 5.37 Å². The lowest BCUT2D eigenvalue weighted by atomic mass is 9.95. The highest BCUT2D eigenvalue weighted by atomic mass is 32.2. The minimum Gasteiger partial charge on any atom is -0.668 e. The third-order valence-corrected chi connectivity index (χ3v) is 3.78. The second-order valence-electron chi connectivity index (χ2n) is 3.73. The van der Waals surface area contributed by atoms with Crippen molar-refractivity contribution < 1.29 is 0 Å². The molecular weight excluding hydrogens is 213 g/mol. The van der Waals surface area contributed by atoms with Gasteiger partial charge in [-0.3, -0.25) is 0 Å². The molecule has 0 saturated heterocycles. The minimum atomic E-state index is 0.179. The number of benzene rings is 2. The van der Waals surface area contributed by atoms with Crippen LogP contribution in [0.5, 0.6) is 0 Å². The van der Waals surface area contributed by atoms with E-state index in [1.54, 1.807) is 11.8 Å². The lowest BCUT2D eigenvalue weighted by molar-refractivity contribution is 1.20. The van der Waals surface area contributed by atoms with E-state index in [0.29, 0.717) is 0 Å². The van der Waals surface area contributed by atoms with Gasteiger partial charge in [-0.2, -0.15) is 0 Å². The Kier molecular flexibility index (Phi) is 2.41. The summed E-state index contributed by atoms with van der Waals surface area (Å²) in [6, 6.07) is 16.2. The van der Waals surface area contributed by atoms with Crippen LogP contribution in [0, 0.1) is 0 Å². The number of nitrogens with zero attached hydrogens (tertiary/aromatic N) is 1. The molecule has 1 heterocycles. The Morgan fingerprint density at radius 2 is 1.75 bits per heavy atom. The Balaban J connectivity index is 1.88. The number of rotatable bonds is 1. The molecule has 3 heteroatoms. The number of thioether (sulfide) groups is 1. The van der Waals surface area contributed by atoms with Gasteiger partial charge in [0.1, 0.15) is 7.85 Å². The zero-order valence-electron chi connectivity index (χ0n) is 8.63. The summed E-state index contributed by atoms with van der Waals surface area (Å²) in [5.41, 5.74) is 3.09. The topological polar surface area (TPSA) is 14.1 Å². The lowest BCUT2D eigenvalue weighted by Gasteiger charge is -2.24. The fourth-order valence-electron chi connectivity index (χ4n) is 1.74. The van der Waals surface area contributed by atoms with Crippen LogP contribution in [0.1, 0.15) is 10.9 Å². The molecule has 0 bridgehead atoms. The predicted octanol–water partition coefficient (Wildman–Crippen LogP) is 3.29. The molecule has 1 atom stereocenters. The van der Waals surface area contributed by atoms with Crippen molar-refractivity contribution in [2.24, 2.45) is 0 Å². The summed E-state index contributed by atoms with van der Waals surface area (Å²) in [6.07, 6.45) is 0. The molecule has 2 radical (unpaired) electrons. The molecule has 0 aromatic heterocycles. The molecule has 1 unspecified atom stereocenters. The summed E-state index contributed by atoms with van der Waals surface area (Å²) in [5, 5.41) is 4.85. The van der Waals surface area contributed by atoms with Gasteiger partial charge in [-0.1, -0.05) is 53.5 Å². The molecule has 0 saturated carbocycles. The van der Waals surface area contributed by atoms with Crippen LogP contribution in [0.4, 0.5) is 5.69 Å². The average molecular weight is 222 g/mol. The van der Waals surface area contributed by atoms with E-state index in [4.69, 9.17) is 7.85 Å². The molecule has 2 aromatic rings. The van der Waals surface area contributed by atoms with Crippen LogP contribution in [0.2, 0.25) is 0 Å². The first kappa shape index (κ1) is 9.85. The van der Waals surface area contributed by atoms with Crippen molar-refractivity contribution in [1.29, 1.82) is 0 Å². The van der Waals surface area contributed by atoms with Gasteiger partial charge < -0.3 is 5.32 Å². The average Bonchev–Trinajstić information content (AvgIpc) is 2.73. The Hall–Kier alpha value is -1.35. The standard InChI is InChI=1S/C13H9BNS/c14-10-7-5-9(6-8-10)13-15-11-3-1-2-4-12(11)16-13/h1-8,13H/q-1. The van der Waals surface area contributed by atoms with Gasteiger partial charge in [0.05, 0.1) is 0 Å². The van der Waals surface area contributed by atoms with Gasteiger partial charge in [-0.15, -0.1) is 17.4 Å². The van der Waals surface area contributed by atoms with Gasteiger partial charge in [0, 0.05) is 0 Å². The summed E-state index contributed by atoms with van der Waals surface area (Å²) in [4.78, 5) is 1.25. The fraction of sp³-hybridized carbons (Fsp3) is 0.0769. The highest BCUT2D eigenvalue weighted by molar-refractivity contribution is 8.00. The molecule has 0 fully saturated rings. The SMILES string of the molecule is [B]c1ccc(C2[N-]c3ccccc3S2)cc1. The number of fused-ring (bicyclic) bond motifs is 1. The summed E-state index contributed by atoms with van der Waals surface area (Å²) < 4.78 is 0. The molecule has 1 aliphatic heterocycles. The van der Waals surface area contributed by atoms with E-state index in [1.165, 1.54) is 10.5 Å². The molecule has 0 amide bonds. The van der Waals surface area contributed by atoms with Crippen LogP contribution in [0.3, 0.4) is 0 Å². The summed E-state index contributed by atoms with van der Waals surface area (Å²) in [5.74, 6) is 0. The van der Waals surface area contributed by atoms with Gasteiger partial charge in [0.2, 0.25) is 0 Å². The third kappa shape index (κ3) is 1.72. The fourth-order valence-corrected chi connectivity index (χ4v) is 2.84. The van der Waals surface area contributed by atoms with Gasteiger partial charge in [-0.05, 0) is 16.3 Å². The van der Waals surface area contributed by atoms with E-state index in [0.717, 1.165) is 11.2 Å². The number of hydrogen-bond acceptors (Lipinski definition) is 1. The predicted molar refractivity (Wildman–Crippen MR) is 69.9 cm³/mol. The van der Waals surface area contributed by atoms with Crippen molar-refractivity contribution >= 4 is 30.8 Å². The maximum Gasteiger partial charge on any atom is 0.113 e. The van der Waals surface area contributed by atoms with Gasteiger partial charge in [0.25, 0.3) is 0 Å². The highest BCUT2D eigenvalue weighted by Gasteiger charge is 2.11. The molecule has 0 aliphatic carbocycles. The molecular formula is C13H9BNS-. The first-order valence-electron chi connectivity index (χ1n) is 5.15. The highest BCUT2D eigenvalue weighted by Crippen LogP contribution is 2.54. The molecule has 3 rings (SSSR count). The van der Waals surface area contributed by atoms with Crippen LogP contribution in [0.25, 0.3) is 5.32 Å². The second-order valence-corrected chi connectivity index (χ2v) is 4.86. The summed E-state index contributed by atoms with van der Waals surface area (Å²) in [6.45, 7) is 0. The Morgan fingerprint density at radius 1 is 1.00 bits per heavy atom. The number of para-hydroxylation sites is 1. The maximum absolute atomic E-state index is 5.67. The first-order chi connectivity index (χ1) is 7.83. The van der Waals surface area contributed by atoms with E-state index in [1.807, 2.05) is 36.4 Å². The van der Waals surface area contributed by atoms with Crippen LogP contribution in [-0.2, 0) is 0 Å². The largest absolute Gasteiger partial charge is 0.668 e. The molecule has 1 nitrogen and oxygen atoms in total. The smallest absolute Gasteiger partial charge is 0.113 e. The van der Waals surface area contributed by atoms with E-state index >= 15 is 0 Å². The molecule has 1 aliphatic rings. The normalized spacial score (nSPS) is 17.9. The summed E-state index contributed by atoms with van der Waals surface area (Å²) >= 11 is 1.79. The van der Waals surface area contributed by atoms with Crippen LogP contribution in [-0.4, -0.2) is 7.85 Å². The van der Waals surface area contributed by atoms with Crippen molar-refractivity contribution in [3.8, 4) is 0 Å². The van der Waals surface area contributed by atoms with Gasteiger partial charge in [-0.25, -0.2) is 0 Å². The number of hydrogen-bond donors (Lipinski definition) is 0. The van der Waals surface area contributed by atoms with Crippen molar-refractivity contribution in [2.45, 2.75) is 10.3 Å². The van der Waals surface area contributed by atoms with Gasteiger partial charge >= 0.3 is 0 Å². The lowest BCUT2D eigenvalue weighted by Crippen LogP contribution is -2.01. The monoisotopic (exact) mass is 222 g/mol. The zero-order valence-corrected chi connectivity index (χ0v) is 9.45. The molecule has 16 heavy (non-hydrogen) atoms. The first-order valence-corrected chi connectivity index (χ1v) is 6.03. The molecule has 0 N–H and O–H groups in total. The third-order valence-electron chi connectivity index (χ3n) is 2.58. The van der Waals surface area contributed by atoms with Crippen molar-refractivity contribution in [3.63, 3.8) is 0 Å². The quantitative estimate of drug-likeness (QED) is 0.675. The second kappa shape index (κ2) is 3.91. The molecule has 2 aromatic carbocycles. The molecule has 76 valence electrons. The van der Waals surface area contributed by atoms with E-state index < -0.39 is 0 Å². The molecule has 0 spiro atoms. The van der Waals surface area contributed by atoms with Crippen LogP contribution in [0.15, 0.2) is 53.4 Å². The Labute approximate surface area is 101 Å². The van der Waals surface area contributed by atoms with Crippen molar-refractivity contribution in [2.75, 3.05) is 0 Å². The van der Waals surface area contributed by atoms with Crippen molar-refractivity contribution in [3.05, 3.63) is 59.4 Å².